The van der Waals surface area contributed by atoms with Crippen molar-refractivity contribution in [3.63, 3.8) is 0 Å². The maximum atomic E-state index is 12.5. The van der Waals surface area contributed by atoms with Crippen LogP contribution in [0.25, 0.3) is 0 Å². The summed E-state index contributed by atoms with van der Waals surface area (Å²) >= 11 is 14.2. The molecule has 0 saturated carbocycles. The van der Waals surface area contributed by atoms with Crippen molar-refractivity contribution in [2.45, 2.75) is 31.7 Å². The van der Waals surface area contributed by atoms with E-state index in [0.29, 0.717) is 11.9 Å². The first kappa shape index (κ1) is 14.8. The molecule has 18 heavy (non-hydrogen) atoms. The molecule has 2 nitrogen and oxygen atoms in total. The van der Waals surface area contributed by atoms with E-state index in [2.05, 4.69) is 31.9 Å². The number of halogens is 3. The molecule has 0 radical (unpaired) electrons. The Hall–Kier alpha value is 0.420. The monoisotopic (exact) mass is 413 g/mol. The number of carbonyl (C=O) groups excluding carboxylic acids is 1. The normalized spacial score (nSPS) is 20.2. The highest BCUT2D eigenvalue weighted by Gasteiger charge is 2.28. The summed E-state index contributed by atoms with van der Waals surface area (Å²) in [5, 5.41) is 0. The van der Waals surface area contributed by atoms with E-state index >= 15 is 0 Å². The topological polar surface area (TPSA) is 20.3 Å². The minimum Gasteiger partial charge on any atom is -0.335 e. The van der Waals surface area contributed by atoms with Crippen LogP contribution >= 0.6 is 54.8 Å². The summed E-state index contributed by atoms with van der Waals surface area (Å²) in [4.78, 5) is 15.3. The maximum Gasteiger partial charge on any atom is 0.264 e. The summed E-state index contributed by atoms with van der Waals surface area (Å²) in [7, 11) is 0. The Morgan fingerprint density at radius 3 is 2.89 bits per heavy atom. The van der Waals surface area contributed by atoms with Crippen LogP contribution in [0.1, 0.15) is 35.4 Å². The average molecular weight is 416 g/mol. The zero-order chi connectivity index (χ0) is 13.1. The van der Waals surface area contributed by atoms with Gasteiger partial charge in [-0.1, -0.05) is 0 Å². The molecule has 1 saturated heterocycles. The van der Waals surface area contributed by atoms with Gasteiger partial charge in [-0.25, -0.2) is 0 Å². The van der Waals surface area contributed by atoms with Crippen LogP contribution in [0.4, 0.5) is 0 Å². The summed E-state index contributed by atoms with van der Waals surface area (Å²) in [6, 6.07) is 2.20. The number of likely N-dealkylation sites (tertiary alicyclic amines) is 1. The lowest BCUT2D eigenvalue weighted by atomic mass is 10.00. The van der Waals surface area contributed by atoms with Gasteiger partial charge < -0.3 is 4.90 Å². The standard InChI is InChI=1S/C12H14Br2ClNOS/c13-9-7-10(18-11(9)14)12(17)16-6-2-1-3-8(16)4-5-15/h7-8H,1-6H2. The Morgan fingerprint density at radius 2 is 2.28 bits per heavy atom. The van der Waals surface area contributed by atoms with Crippen molar-refractivity contribution in [2.75, 3.05) is 12.4 Å². The lowest BCUT2D eigenvalue weighted by molar-refractivity contribution is 0.0614. The lowest BCUT2D eigenvalue weighted by Gasteiger charge is -2.35. The Bertz CT molecular complexity index is 416. The van der Waals surface area contributed by atoms with Crippen molar-refractivity contribution >= 4 is 60.7 Å². The Labute approximate surface area is 133 Å². The van der Waals surface area contributed by atoms with Crippen molar-refractivity contribution in [1.29, 1.82) is 0 Å². The van der Waals surface area contributed by atoms with Crippen LogP contribution in [0.5, 0.6) is 0 Å². The molecular weight excluding hydrogens is 401 g/mol. The van der Waals surface area contributed by atoms with Gasteiger partial charge in [-0.3, -0.25) is 4.79 Å². The number of carbonyl (C=O) groups is 1. The largest absolute Gasteiger partial charge is 0.335 e. The van der Waals surface area contributed by atoms with Crippen molar-refractivity contribution in [3.05, 3.63) is 19.2 Å². The van der Waals surface area contributed by atoms with Crippen molar-refractivity contribution < 1.29 is 4.79 Å². The highest BCUT2D eigenvalue weighted by atomic mass is 79.9. The number of alkyl halides is 1. The molecule has 6 heteroatoms. The molecule has 0 aliphatic carbocycles. The third-order valence-electron chi connectivity index (χ3n) is 3.19. The van der Waals surface area contributed by atoms with Gasteiger partial charge in [-0.05, 0) is 63.6 Å². The molecule has 2 heterocycles. The number of piperidine rings is 1. The fourth-order valence-electron chi connectivity index (χ4n) is 2.29. The first-order valence-corrected chi connectivity index (χ1v) is 8.89. The lowest BCUT2D eigenvalue weighted by Crippen LogP contribution is -2.43. The minimum absolute atomic E-state index is 0.140. The minimum atomic E-state index is 0.140. The molecule has 1 aromatic rings. The number of thiophene rings is 1. The van der Waals surface area contributed by atoms with Crippen LogP contribution < -0.4 is 0 Å². The van der Waals surface area contributed by atoms with Crippen LogP contribution in [-0.2, 0) is 0 Å². The number of rotatable bonds is 3. The highest BCUT2D eigenvalue weighted by Crippen LogP contribution is 2.34. The van der Waals surface area contributed by atoms with Gasteiger partial charge in [0.05, 0.1) is 8.66 Å². The highest BCUT2D eigenvalue weighted by molar-refractivity contribution is 9.13. The number of nitrogens with zero attached hydrogens (tertiary/aromatic N) is 1. The fraction of sp³-hybridized carbons (Fsp3) is 0.583. The van der Waals surface area contributed by atoms with E-state index in [-0.39, 0.29) is 5.91 Å². The summed E-state index contributed by atoms with van der Waals surface area (Å²) in [5.74, 6) is 0.757. The van der Waals surface area contributed by atoms with Crippen LogP contribution in [-0.4, -0.2) is 29.3 Å². The molecule has 1 unspecified atom stereocenters. The summed E-state index contributed by atoms with van der Waals surface area (Å²) in [5.41, 5.74) is 0. The summed E-state index contributed by atoms with van der Waals surface area (Å²) in [6.45, 7) is 0.855. The second-order valence-electron chi connectivity index (χ2n) is 4.36. The Kier molecular flexibility index (Phi) is 5.54. The molecule has 0 N–H and O–H groups in total. The molecule has 100 valence electrons. The predicted molar refractivity (Wildman–Crippen MR) is 83.7 cm³/mol. The van der Waals surface area contributed by atoms with Crippen LogP contribution in [0.15, 0.2) is 14.3 Å². The molecule has 1 aliphatic heterocycles. The van der Waals surface area contributed by atoms with Gasteiger partial charge in [0.2, 0.25) is 0 Å². The predicted octanol–water partition coefficient (Wildman–Crippen LogP) is 4.90. The van der Waals surface area contributed by atoms with Gasteiger partial charge >= 0.3 is 0 Å². The van der Waals surface area contributed by atoms with Crippen LogP contribution in [0, 0.1) is 0 Å². The first-order chi connectivity index (χ1) is 8.63. The maximum absolute atomic E-state index is 12.5. The molecule has 0 spiro atoms. The van der Waals surface area contributed by atoms with Gasteiger partial charge in [0.15, 0.2) is 0 Å². The van der Waals surface area contributed by atoms with Crippen LogP contribution in [0.2, 0.25) is 0 Å². The van der Waals surface area contributed by atoms with E-state index in [9.17, 15) is 4.79 Å². The Balaban J connectivity index is 2.15. The van der Waals surface area contributed by atoms with E-state index < -0.39 is 0 Å². The SMILES string of the molecule is O=C(c1cc(Br)c(Br)s1)N1CCCCC1CCCl. The number of hydrogen-bond donors (Lipinski definition) is 0. The molecule has 1 aliphatic rings. The van der Waals surface area contributed by atoms with Crippen molar-refractivity contribution in [2.24, 2.45) is 0 Å². The zero-order valence-corrected chi connectivity index (χ0v) is 14.5. The molecule has 1 aromatic heterocycles. The van der Waals surface area contributed by atoms with Gasteiger partial charge in [0.1, 0.15) is 0 Å². The average Bonchev–Trinajstić information content (AvgIpc) is 2.70. The second-order valence-corrected chi connectivity index (χ2v) is 7.96. The third kappa shape index (κ3) is 3.30. The van der Waals surface area contributed by atoms with E-state index in [1.165, 1.54) is 17.8 Å². The van der Waals surface area contributed by atoms with Crippen molar-refractivity contribution in [3.8, 4) is 0 Å². The van der Waals surface area contributed by atoms with Gasteiger partial charge in [0.25, 0.3) is 5.91 Å². The number of amides is 1. The van der Waals surface area contributed by atoms with Gasteiger partial charge in [0, 0.05) is 22.9 Å². The van der Waals surface area contributed by atoms with E-state index in [1.807, 2.05) is 11.0 Å². The second kappa shape index (κ2) is 6.73. The zero-order valence-electron chi connectivity index (χ0n) is 9.79. The molecule has 0 aromatic carbocycles. The fourth-order valence-corrected chi connectivity index (χ4v) is 4.53. The summed E-state index contributed by atoms with van der Waals surface area (Å²) < 4.78 is 1.92. The van der Waals surface area contributed by atoms with Gasteiger partial charge in [-0.15, -0.1) is 22.9 Å². The number of hydrogen-bond acceptors (Lipinski definition) is 2. The van der Waals surface area contributed by atoms with Crippen molar-refractivity contribution in [1.82, 2.24) is 4.90 Å². The smallest absolute Gasteiger partial charge is 0.264 e. The molecule has 1 fully saturated rings. The first-order valence-electron chi connectivity index (χ1n) is 5.95. The third-order valence-corrected chi connectivity index (χ3v) is 6.65. The molecule has 2 rings (SSSR count). The molecular formula is C12H14Br2ClNOS. The van der Waals surface area contributed by atoms with E-state index in [0.717, 1.165) is 38.9 Å². The van der Waals surface area contributed by atoms with E-state index in [1.54, 1.807) is 0 Å². The molecule has 0 bridgehead atoms. The van der Waals surface area contributed by atoms with Crippen LogP contribution in [0.3, 0.4) is 0 Å². The Morgan fingerprint density at radius 1 is 1.50 bits per heavy atom. The van der Waals surface area contributed by atoms with Gasteiger partial charge in [-0.2, -0.15) is 0 Å². The molecule has 1 amide bonds. The molecule has 1 atom stereocenters. The van der Waals surface area contributed by atoms with E-state index in [4.69, 9.17) is 11.6 Å². The quantitative estimate of drug-likeness (QED) is 0.643. The summed E-state index contributed by atoms with van der Waals surface area (Å²) in [6.07, 6.45) is 4.26.